The van der Waals surface area contributed by atoms with Crippen molar-refractivity contribution in [1.29, 1.82) is 0 Å². The van der Waals surface area contributed by atoms with Crippen molar-refractivity contribution >= 4 is 16.9 Å². The SMILES string of the molecule is Cc1ccc(OCCCn2c(CCNC(=O)c3ccc(C)cc3C)nc3ccccc32)c(C)c1. The van der Waals surface area contributed by atoms with Gasteiger partial charge in [-0.05, 0) is 69.5 Å². The molecule has 0 aliphatic rings. The Balaban J connectivity index is 1.39. The summed E-state index contributed by atoms with van der Waals surface area (Å²) in [5.41, 5.74) is 7.37. The lowest BCUT2D eigenvalue weighted by Gasteiger charge is -2.13. The minimum atomic E-state index is -0.0398. The van der Waals surface area contributed by atoms with Crippen LogP contribution in [0.15, 0.2) is 60.7 Å². The maximum atomic E-state index is 12.7. The molecule has 4 aromatic rings. The number of hydrogen-bond acceptors (Lipinski definition) is 3. The minimum absolute atomic E-state index is 0.0398. The highest BCUT2D eigenvalue weighted by Crippen LogP contribution is 2.20. The highest BCUT2D eigenvalue weighted by Gasteiger charge is 2.13. The Labute approximate surface area is 201 Å². The number of carbonyl (C=O) groups excluding carboxylic acids is 1. The van der Waals surface area contributed by atoms with Gasteiger partial charge >= 0.3 is 0 Å². The quantitative estimate of drug-likeness (QED) is 0.329. The molecule has 0 spiro atoms. The van der Waals surface area contributed by atoms with E-state index in [0.29, 0.717) is 19.6 Å². The Kier molecular flexibility index (Phi) is 7.31. The van der Waals surface area contributed by atoms with Gasteiger partial charge in [-0.25, -0.2) is 4.98 Å². The van der Waals surface area contributed by atoms with Gasteiger partial charge in [0.25, 0.3) is 5.91 Å². The van der Waals surface area contributed by atoms with Crippen LogP contribution in [-0.4, -0.2) is 28.6 Å². The van der Waals surface area contributed by atoms with E-state index in [-0.39, 0.29) is 5.91 Å². The Bertz CT molecular complexity index is 1310. The number of fused-ring (bicyclic) bond motifs is 1. The Morgan fingerprint density at radius 3 is 2.44 bits per heavy atom. The molecular weight excluding hydrogens is 422 g/mol. The number of aryl methyl sites for hydroxylation is 5. The third-order valence-electron chi connectivity index (χ3n) is 6.11. The van der Waals surface area contributed by atoms with Crippen LogP contribution in [0.4, 0.5) is 0 Å². The zero-order chi connectivity index (χ0) is 24.1. The van der Waals surface area contributed by atoms with Crippen LogP contribution in [-0.2, 0) is 13.0 Å². The van der Waals surface area contributed by atoms with Crippen molar-refractivity contribution in [3.8, 4) is 5.75 Å². The van der Waals surface area contributed by atoms with Crippen molar-refractivity contribution in [3.05, 3.63) is 94.3 Å². The van der Waals surface area contributed by atoms with Crippen LogP contribution < -0.4 is 10.1 Å². The second kappa shape index (κ2) is 10.6. The van der Waals surface area contributed by atoms with Crippen LogP contribution in [0.3, 0.4) is 0 Å². The van der Waals surface area contributed by atoms with Crippen LogP contribution in [0, 0.1) is 27.7 Å². The van der Waals surface area contributed by atoms with Crippen molar-refractivity contribution in [2.24, 2.45) is 0 Å². The molecule has 1 N–H and O–H groups in total. The van der Waals surface area contributed by atoms with Crippen molar-refractivity contribution < 1.29 is 9.53 Å². The Morgan fingerprint density at radius 1 is 0.941 bits per heavy atom. The molecule has 0 unspecified atom stereocenters. The monoisotopic (exact) mass is 455 g/mol. The smallest absolute Gasteiger partial charge is 0.251 e. The van der Waals surface area contributed by atoms with E-state index >= 15 is 0 Å². The summed E-state index contributed by atoms with van der Waals surface area (Å²) in [4.78, 5) is 17.5. The van der Waals surface area contributed by atoms with Crippen LogP contribution in [0.5, 0.6) is 5.75 Å². The number of nitrogens with one attached hydrogen (secondary N) is 1. The number of para-hydroxylation sites is 2. The van der Waals surface area contributed by atoms with Gasteiger partial charge < -0.3 is 14.6 Å². The molecule has 0 aliphatic heterocycles. The summed E-state index contributed by atoms with van der Waals surface area (Å²) in [6, 6.07) is 20.4. The lowest BCUT2D eigenvalue weighted by molar-refractivity contribution is 0.0953. The number of imidazole rings is 1. The van der Waals surface area contributed by atoms with Crippen molar-refractivity contribution in [2.45, 2.75) is 47.1 Å². The van der Waals surface area contributed by atoms with Gasteiger partial charge in [0, 0.05) is 25.1 Å². The maximum absolute atomic E-state index is 12.7. The summed E-state index contributed by atoms with van der Waals surface area (Å²) in [5, 5.41) is 3.06. The van der Waals surface area contributed by atoms with Crippen molar-refractivity contribution in [1.82, 2.24) is 14.9 Å². The number of carbonyl (C=O) groups is 1. The number of aromatic nitrogens is 2. The fraction of sp³-hybridized carbons (Fsp3) is 0.310. The summed E-state index contributed by atoms with van der Waals surface area (Å²) < 4.78 is 8.29. The standard InChI is InChI=1S/C29H33N3O2/c1-20-10-12-24(22(3)18-20)29(33)30-15-14-28-31-25-8-5-6-9-26(25)32(28)16-7-17-34-27-13-11-21(2)19-23(27)4/h5-6,8-13,18-19H,7,14-17H2,1-4H3,(H,30,33). The predicted octanol–water partition coefficient (Wildman–Crippen LogP) is 5.71. The van der Waals surface area contributed by atoms with Crippen LogP contribution in [0.25, 0.3) is 11.0 Å². The molecule has 176 valence electrons. The molecule has 0 radical (unpaired) electrons. The first kappa shape index (κ1) is 23.6. The van der Waals surface area contributed by atoms with E-state index in [1.807, 2.05) is 56.3 Å². The van der Waals surface area contributed by atoms with E-state index in [9.17, 15) is 4.79 Å². The molecule has 0 aliphatic carbocycles. The van der Waals surface area contributed by atoms with E-state index < -0.39 is 0 Å². The molecule has 1 aromatic heterocycles. The molecule has 0 saturated heterocycles. The molecule has 0 bridgehead atoms. The van der Waals surface area contributed by atoms with Gasteiger partial charge in [-0.15, -0.1) is 0 Å². The number of ether oxygens (including phenoxy) is 1. The summed E-state index contributed by atoms with van der Waals surface area (Å²) in [5.74, 6) is 1.88. The Morgan fingerprint density at radius 2 is 1.68 bits per heavy atom. The van der Waals surface area contributed by atoms with Crippen LogP contribution in [0.1, 0.15) is 44.9 Å². The maximum Gasteiger partial charge on any atom is 0.251 e. The van der Waals surface area contributed by atoms with E-state index in [2.05, 4.69) is 41.9 Å². The summed E-state index contributed by atoms with van der Waals surface area (Å²) >= 11 is 0. The van der Waals surface area contributed by atoms with Crippen molar-refractivity contribution in [2.75, 3.05) is 13.2 Å². The van der Waals surface area contributed by atoms with Gasteiger partial charge in [-0.1, -0.05) is 47.5 Å². The van der Waals surface area contributed by atoms with E-state index in [1.165, 1.54) is 5.56 Å². The molecule has 0 atom stereocenters. The molecular formula is C29H33N3O2. The second-order valence-electron chi connectivity index (χ2n) is 8.96. The highest BCUT2D eigenvalue weighted by molar-refractivity contribution is 5.95. The average molecular weight is 456 g/mol. The van der Waals surface area contributed by atoms with E-state index in [4.69, 9.17) is 9.72 Å². The van der Waals surface area contributed by atoms with E-state index in [1.54, 1.807) is 0 Å². The fourth-order valence-electron chi connectivity index (χ4n) is 4.38. The third kappa shape index (κ3) is 5.48. The first-order chi connectivity index (χ1) is 16.4. The first-order valence-corrected chi connectivity index (χ1v) is 11.9. The predicted molar refractivity (Wildman–Crippen MR) is 138 cm³/mol. The zero-order valence-corrected chi connectivity index (χ0v) is 20.5. The van der Waals surface area contributed by atoms with Gasteiger partial charge in [-0.2, -0.15) is 0 Å². The first-order valence-electron chi connectivity index (χ1n) is 11.9. The van der Waals surface area contributed by atoms with Gasteiger partial charge in [-0.3, -0.25) is 4.79 Å². The number of rotatable bonds is 9. The molecule has 5 nitrogen and oxygen atoms in total. The summed E-state index contributed by atoms with van der Waals surface area (Å²) in [6.45, 7) is 10.2. The molecule has 5 heteroatoms. The number of benzene rings is 3. The topological polar surface area (TPSA) is 56.1 Å². The largest absolute Gasteiger partial charge is 0.493 e. The van der Waals surface area contributed by atoms with Gasteiger partial charge in [0.2, 0.25) is 0 Å². The normalized spacial score (nSPS) is 11.1. The third-order valence-corrected chi connectivity index (χ3v) is 6.11. The number of amides is 1. The fourth-order valence-corrected chi connectivity index (χ4v) is 4.38. The van der Waals surface area contributed by atoms with Gasteiger partial charge in [0.15, 0.2) is 0 Å². The molecule has 1 amide bonds. The van der Waals surface area contributed by atoms with Crippen LogP contribution >= 0.6 is 0 Å². The summed E-state index contributed by atoms with van der Waals surface area (Å²) in [6.07, 6.45) is 1.54. The summed E-state index contributed by atoms with van der Waals surface area (Å²) in [7, 11) is 0. The molecule has 34 heavy (non-hydrogen) atoms. The molecule has 1 heterocycles. The molecule has 0 fully saturated rings. The average Bonchev–Trinajstić information content (AvgIpc) is 3.15. The lowest BCUT2D eigenvalue weighted by atomic mass is 10.1. The van der Waals surface area contributed by atoms with Gasteiger partial charge in [0.05, 0.1) is 17.6 Å². The number of nitrogens with zero attached hydrogens (tertiary/aromatic N) is 2. The van der Waals surface area contributed by atoms with Crippen LogP contribution in [0.2, 0.25) is 0 Å². The molecule has 0 saturated carbocycles. The minimum Gasteiger partial charge on any atom is -0.493 e. The van der Waals surface area contributed by atoms with Crippen molar-refractivity contribution in [3.63, 3.8) is 0 Å². The number of hydrogen-bond donors (Lipinski definition) is 1. The Hall–Kier alpha value is -3.60. The zero-order valence-electron chi connectivity index (χ0n) is 20.5. The second-order valence-corrected chi connectivity index (χ2v) is 8.96. The highest BCUT2D eigenvalue weighted by atomic mass is 16.5. The molecule has 3 aromatic carbocycles. The van der Waals surface area contributed by atoms with Gasteiger partial charge in [0.1, 0.15) is 11.6 Å². The van der Waals surface area contributed by atoms with E-state index in [0.717, 1.165) is 57.8 Å². The lowest BCUT2D eigenvalue weighted by Crippen LogP contribution is -2.27. The molecule has 4 rings (SSSR count).